The number of hydrogen-bond acceptors (Lipinski definition) is 6. The molecule has 0 aromatic carbocycles. The molecule has 2 rings (SSSR count). The first-order chi connectivity index (χ1) is 8.70. The minimum atomic E-state index is 0.817. The highest BCUT2D eigenvalue weighted by Crippen LogP contribution is 2.26. The van der Waals surface area contributed by atoms with Gasteiger partial charge in [-0.3, -0.25) is 0 Å². The molecule has 0 bridgehead atoms. The summed E-state index contributed by atoms with van der Waals surface area (Å²) in [5.41, 5.74) is 4.09. The third-order valence-corrected chi connectivity index (χ3v) is 4.53. The van der Waals surface area contributed by atoms with E-state index in [-0.39, 0.29) is 0 Å². The third-order valence-electron chi connectivity index (χ3n) is 2.63. The van der Waals surface area contributed by atoms with E-state index in [1.807, 2.05) is 5.51 Å². The van der Waals surface area contributed by atoms with E-state index in [2.05, 4.69) is 46.5 Å². The molecule has 2 heterocycles. The molecule has 4 nitrogen and oxygen atoms in total. The van der Waals surface area contributed by atoms with Crippen molar-refractivity contribution in [2.24, 2.45) is 0 Å². The largest absolute Gasteiger partial charge is 0.345 e. The SMILES string of the molecule is CCNCc1sc(N(C)Cc2cscn2)nc1C. The molecule has 2 aromatic rings. The van der Waals surface area contributed by atoms with Crippen molar-refractivity contribution in [1.82, 2.24) is 15.3 Å². The van der Waals surface area contributed by atoms with Gasteiger partial charge in [-0.1, -0.05) is 6.92 Å². The molecule has 0 atom stereocenters. The molecular formula is C12H18N4S2. The predicted molar refractivity (Wildman–Crippen MR) is 78.5 cm³/mol. The zero-order valence-corrected chi connectivity index (χ0v) is 12.6. The van der Waals surface area contributed by atoms with Crippen molar-refractivity contribution in [3.63, 3.8) is 0 Å². The van der Waals surface area contributed by atoms with Crippen LogP contribution in [0.1, 0.15) is 23.2 Å². The summed E-state index contributed by atoms with van der Waals surface area (Å²) in [5, 5.41) is 6.49. The number of thiazole rings is 2. The number of nitrogens with one attached hydrogen (secondary N) is 1. The number of rotatable bonds is 6. The molecule has 6 heteroatoms. The highest BCUT2D eigenvalue weighted by atomic mass is 32.1. The zero-order valence-electron chi connectivity index (χ0n) is 10.9. The molecule has 0 saturated heterocycles. The Labute approximate surface area is 116 Å². The van der Waals surface area contributed by atoms with Crippen molar-refractivity contribution >= 4 is 27.8 Å². The zero-order chi connectivity index (χ0) is 13.0. The van der Waals surface area contributed by atoms with E-state index in [0.717, 1.165) is 36.2 Å². The van der Waals surface area contributed by atoms with Crippen LogP contribution in [-0.2, 0) is 13.1 Å². The van der Waals surface area contributed by atoms with E-state index in [0.29, 0.717) is 0 Å². The summed E-state index contributed by atoms with van der Waals surface area (Å²) in [7, 11) is 2.06. The second-order valence-electron chi connectivity index (χ2n) is 4.12. The lowest BCUT2D eigenvalue weighted by Gasteiger charge is -2.13. The van der Waals surface area contributed by atoms with E-state index in [4.69, 9.17) is 0 Å². The highest BCUT2D eigenvalue weighted by molar-refractivity contribution is 7.15. The Morgan fingerprint density at radius 2 is 2.28 bits per heavy atom. The van der Waals surface area contributed by atoms with Gasteiger partial charge in [0.2, 0.25) is 0 Å². The van der Waals surface area contributed by atoms with Gasteiger partial charge in [-0.15, -0.1) is 22.7 Å². The predicted octanol–water partition coefficient (Wildman–Crippen LogP) is 2.65. The van der Waals surface area contributed by atoms with Gasteiger partial charge in [0.15, 0.2) is 5.13 Å². The van der Waals surface area contributed by atoms with E-state index in [9.17, 15) is 0 Å². The van der Waals surface area contributed by atoms with Crippen molar-refractivity contribution in [1.29, 1.82) is 0 Å². The molecule has 0 spiro atoms. The van der Waals surface area contributed by atoms with Gasteiger partial charge in [0.1, 0.15) is 0 Å². The molecule has 18 heavy (non-hydrogen) atoms. The van der Waals surface area contributed by atoms with Crippen molar-refractivity contribution in [3.8, 4) is 0 Å². The third kappa shape index (κ3) is 3.28. The number of anilines is 1. The van der Waals surface area contributed by atoms with Crippen LogP contribution < -0.4 is 10.2 Å². The van der Waals surface area contributed by atoms with Gasteiger partial charge in [0, 0.05) is 23.8 Å². The number of aryl methyl sites for hydroxylation is 1. The fourth-order valence-electron chi connectivity index (χ4n) is 1.60. The Kier molecular flexibility index (Phi) is 4.68. The maximum atomic E-state index is 4.62. The average molecular weight is 282 g/mol. The molecule has 0 fully saturated rings. The Morgan fingerprint density at radius 3 is 2.94 bits per heavy atom. The molecule has 2 aromatic heterocycles. The fourth-order valence-corrected chi connectivity index (χ4v) is 3.15. The lowest BCUT2D eigenvalue weighted by Crippen LogP contribution is -2.16. The van der Waals surface area contributed by atoms with Crippen LogP contribution in [0.25, 0.3) is 0 Å². The van der Waals surface area contributed by atoms with Crippen molar-refractivity contribution in [3.05, 3.63) is 27.2 Å². The van der Waals surface area contributed by atoms with Crippen LogP contribution in [0.2, 0.25) is 0 Å². The van der Waals surface area contributed by atoms with E-state index < -0.39 is 0 Å². The smallest absolute Gasteiger partial charge is 0.185 e. The van der Waals surface area contributed by atoms with E-state index >= 15 is 0 Å². The summed E-state index contributed by atoms with van der Waals surface area (Å²) >= 11 is 3.39. The fraction of sp³-hybridized carbons (Fsp3) is 0.500. The molecule has 0 amide bonds. The lowest BCUT2D eigenvalue weighted by atomic mass is 10.4. The lowest BCUT2D eigenvalue weighted by molar-refractivity contribution is 0.731. The molecule has 1 N–H and O–H groups in total. The first-order valence-corrected chi connectivity index (χ1v) is 7.72. The van der Waals surface area contributed by atoms with Gasteiger partial charge < -0.3 is 10.2 Å². The van der Waals surface area contributed by atoms with Gasteiger partial charge in [-0.25, -0.2) is 9.97 Å². The Bertz CT molecular complexity index is 478. The molecule has 0 unspecified atom stereocenters. The summed E-state index contributed by atoms with van der Waals surface area (Å²) in [6.45, 7) is 6.90. The molecule has 0 aliphatic carbocycles. The van der Waals surface area contributed by atoms with Crippen molar-refractivity contribution in [2.45, 2.75) is 26.9 Å². The van der Waals surface area contributed by atoms with Crippen molar-refractivity contribution < 1.29 is 0 Å². The Morgan fingerprint density at radius 1 is 1.44 bits per heavy atom. The standard InChI is InChI=1S/C12H18N4S2/c1-4-13-5-11-9(2)15-12(18-11)16(3)6-10-7-17-8-14-10/h7-8,13H,4-6H2,1-3H3. The quantitative estimate of drug-likeness (QED) is 0.884. The van der Waals surface area contributed by atoms with Gasteiger partial charge in [0.25, 0.3) is 0 Å². The summed E-state index contributed by atoms with van der Waals surface area (Å²) in [6, 6.07) is 0. The molecule has 0 saturated carbocycles. The second-order valence-corrected chi connectivity index (χ2v) is 5.90. The normalized spacial score (nSPS) is 10.8. The molecule has 0 aliphatic heterocycles. The number of aromatic nitrogens is 2. The maximum absolute atomic E-state index is 4.62. The second kappa shape index (κ2) is 6.26. The maximum Gasteiger partial charge on any atom is 0.185 e. The van der Waals surface area contributed by atoms with Crippen LogP contribution in [0.5, 0.6) is 0 Å². The molecular weight excluding hydrogens is 264 g/mol. The average Bonchev–Trinajstić information content (AvgIpc) is 2.96. The monoisotopic (exact) mass is 282 g/mol. The first kappa shape index (κ1) is 13.5. The van der Waals surface area contributed by atoms with Gasteiger partial charge in [-0.05, 0) is 13.5 Å². The molecule has 0 radical (unpaired) electrons. The first-order valence-electron chi connectivity index (χ1n) is 5.96. The minimum absolute atomic E-state index is 0.817. The minimum Gasteiger partial charge on any atom is -0.345 e. The van der Waals surface area contributed by atoms with Gasteiger partial charge in [0.05, 0.1) is 23.4 Å². The Balaban J connectivity index is 2.03. The van der Waals surface area contributed by atoms with Gasteiger partial charge in [-0.2, -0.15) is 0 Å². The van der Waals surface area contributed by atoms with E-state index in [1.165, 1.54) is 4.88 Å². The summed E-state index contributed by atoms with van der Waals surface area (Å²) in [6.07, 6.45) is 0. The topological polar surface area (TPSA) is 41.0 Å². The highest BCUT2D eigenvalue weighted by Gasteiger charge is 2.11. The summed E-state index contributed by atoms with van der Waals surface area (Å²) in [5.74, 6) is 0. The van der Waals surface area contributed by atoms with Crippen LogP contribution in [0.4, 0.5) is 5.13 Å². The van der Waals surface area contributed by atoms with Crippen molar-refractivity contribution in [2.75, 3.05) is 18.5 Å². The van der Waals surface area contributed by atoms with Crippen LogP contribution in [0.15, 0.2) is 10.9 Å². The number of nitrogens with zero attached hydrogens (tertiary/aromatic N) is 3. The number of hydrogen-bond donors (Lipinski definition) is 1. The van der Waals surface area contributed by atoms with E-state index in [1.54, 1.807) is 22.7 Å². The molecule has 0 aliphatic rings. The van der Waals surface area contributed by atoms with Crippen LogP contribution >= 0.6 is 22.7 Å². The summed E-state index contributed by atoms with van der Waals surface area (Å²) in [4.78, 5) is 12.4. The molecule has 98 valence electrons. The van der Waals surface area contributed by atoms with Crippen LogP contribution in [-0.4, -0.2) is 23.6 Å². The Hall–Kier alpha value is -0.980. The van der Waals surface area contributed by atoms with Crippen LogP contribution in [0, 0.1) is 6.92 Å². The van der Waals surface area contributed by atoms with Crippen LogP contribution in [0.3, 0.4) is 0 Å². The summed E-state index contributed by atoms with van der Waals surface area (Å²) < 4.78 is 0. The van der Waals surface area contributed by atoms with Gasteiger partial charge >= 0.3 is 0 Å².